The van der Waals surface area contributed by atoms with E-state index in [9.17, 15) is 0 Å². The maximum atomic E-state index is 6.30. The summed E-state index contributed by atoms with van der Waals surface area (Å²) in [5, 5.41) is 4.45. The van der Waals surface area contributed by atoms with Gasteiger partial charge >= 0.3 is 0 Å². The van der Waals surface area contributed by atoms with E-state index in [1.807, 2.05) is 54.6 Å². The first kappa shape index (κ1) is 36.7. The molecule has 0 aliphatic heterocycles. The minimum atomic E-state index is 0.524. The Labute approximate surface area is 373 Å². The van der Waals surface area contributed by atoms with E-state index in [1.165, 1.54) is 0 Å². The zero-order valence-corrected chi connectivity index (χ0v) is 34.9. The highest BCUT2D eigenvalue weighted by molar-refractivity contribution is 6.23. The molecule has 0 atom stereocenters. The van der Waals surface area contributed by atoms with Gasteiger partial charge in [-0.1, -0.05) is 158 Å². The normalized spacial score (nSPS) is 11.7. The van der Waals surface area contributed by atoms with Crippen molar-refractivity contribution in [2.24, 2.45) is 0 Å². The van der Waals surface area contributed by atoms with Crippen molar-refractivity contribution in [1.82, 2.24) is 29.1 Å². The number of aromatic nitrogens is 6. The van der Waals surface area contributed by atoms with Crippen molar-refractivity contribution in [3.05, 3.63) is 218 Å². The predicted octanol–water partition coefficient (Wildman–Crippen LogP) is 14.5. The summed E-state index contributed by atoms with van der Waals surface area (Å²) in [5.41, 5.74) is 13.7. The molecule has 4 aromatic heterocycles. The van der Waals surface area contributed by atoms with Crippen LogP contribution in [0.15, 0.2) is 223 Å². The van der Waals surface area contributed by atoms with Gasteiger partial charge in [-0.05, 0) is 82.9 Å². The number of hydrogen-bond acceptors (Lipinski definition) is 5. The molecule has 304 valence electrons. The average Bonchev–Trinajstić information content (AvgIpc) is 4.08. The van der Waals surface area contributed by atoms with Crippen LogP contribution in [0.25, 0.3) is 123 Å². The lowest BCUT2D eigenvalue weighted by Crippen LogP contribution is -2.07. The lowest BCUT2D eigenvalue weighted by Gasteiger charge is -2.14. The smallest absolute Gasteiger partial charge is 0.238 e. The molecule has 0 spiro atoms. The molecule has 7 heteroatoms. The number of rotatable bonds is 7. The van der Waals surface area contributed by atoms with E-state index >= 15 is 0 Å². The van der Waals surface area contributed by atoms with Crippen molar-refractivity contribution in [3.8, 4) is 68.1 Å². The molecule has 0 amide bonds. The average molecular weight is 833 g/mol. The first-order chi connectivity index (χ1) is 32.2. The Kier molecular flexibility index (Phi) is 8.39. The molecular formula is C58H36N6O. The summed E-state index contributed by atoms with van der Waals surface area (Å²) >= 11 is 0. The molecule has 4 heterocycles. The van der Waals surface area contributed by atoms with Gasteiger partial charge in [0.25, 0.3) is 0 Å². The molecule has 0 fully saturated rings. The van der Waals surface area contributed by atoms with E-state index in [2.05, 4.69) is 173 Å². The van der Waals surface area contributed by atoms with Gasteiger partial charge in [0.1, 0.15) is 5.52 Å². The minimum absolute atomic E-state index is 0.524. The predicted molar refractivity (Wildman–Crippen MR) is 263 cm³/mol. The Morgan fingerprint density at radius 3 is 1.48 bits per heavy atom. The van der Waals surface area contributed by atoms with Crippen LogP contribution >= 0.6 is 0 Å². The number of hydrogen-bond donors (Lipinski definition) is 0. The standard InChI is InChI=1S/C58H36N6O/c1-4-17-37(18-5-1)41-33-42(38-19-6-2-7-20-38)35-43(34-41)56-60-55(39-21-8-3-9-22-39)61-58(62-56)64-51-29-14-11-26-46(51)48-32-31-47-45-25-10-13-28-50(45)63(53(47)54(48)64)44-24-16-23-40(36-44)57-59-49-27-12-15-30-52(49)65-57/h1-36H. The second kappa shape index (κ2) is 14.9. The topological polar surface area (TPSA) is 74.6 Å². The summed E-state index contributed by atoms with van der Waals surface area (Å²) in [7, 11) is 0. The van der Waals surface area contributed by atoms with Gasteiger partial charge in [-0.15, -0.1) is 0 Å². The third-order valence-electron chi connectivity index (χ3n) is 12.4. The quantitative estimate of drug-likeness (QED) is 0.160. The molecule has 65 heavy (non-hydrogen) atoms. The van der Waals surface area contributed by atoms with Crippen LogP contribution in [0.1, 0.15) is 0 Å². The lowest BCUT2D eigenvalue weighted by atomic mass is 9.96. The van der Waals surface area contributed by atoms with E-state index < -0.39 is 0 Å². The second-order valence-corrected chi connectivity index (χ2v) is 16.3. The van der Waals surface area contributed by atoms with E-state index in [4.69, 9.17) is 24.4 Å². The molecule has 0 unspecified atom stereocenters. The molecule has 13 aromatic rings. The molecule has 0 N–H and O–H groups in total. The van der Waals surface area contributed by atoms with Gasteiger partial charge in [0.15, 0.2) is 17.2 Å². The lowest BCUT2D eigenvalue weighted by molar-refractivity contribution is 0.620. The first-order valence-corrected chi connectivity index (χ1v) is 21.7. The van der Waals surface area contributed by atoms with Crippen LogP contribution in [-0.4, -0.2) is 29.1 Å². The highest BCUT2D eigenvalue weighted by Crippen LogP contribution is 2.42. The Morgan fingerprint density at radius 1 is 0.323 bits per heavy atom. The zero-order chi connectivity index (χ0) is 42.8. The van der Waals surface area contributed by atoms with Crippen molar-refractivity contribution in [2.45, 2.75) is 0 Å². The number of benzene rings is 9. The fraction of sp³-hybridized carbons (Fsp3) is 0. The minimum Gasteiger partial charge on any atom is -0.436 e. The zero-order valence-electron chi connectivity index (χ0n) is 34.9. The summed E-state index contributed by atoms with van der Waals surface area (Å²) in [4.78, 5) is 21.0. The highest BCUT2D eigenvalue weighted by atomic mass is 16.3. The summed E-state index contributed by atoms with van der Waals surface area (Å²) < 4.78 is 10.9. The molecule has 0 bridgehead atoms. The van der Waals surface area contributed by atoms with Crippen molar-refractivity contribution >= 4 is 54.7 Å². The number of fused-ring (bicyclic) bond motifs is 8. The van der Waals surface area contributed by atoms with E-state index in [0.29, 0.717) is 23.5 Å². The van der Waals surface area contributed by atoms with E-state index in [0.717, 1.165) is 99.3 Å². The van der Waals surface area contributed by atoms with Crippen LogP contribution in [0.2, 0.25) is 0 Å². The van der Waals surface area contributed by atoms with Gasteiger partial charge in [0, 0.05) is 43.9 Å². The molecule has 9 aromatic carbocycles. The van der Waals surface area contributed by atoms with Crippen molar-refractivity contribution in [1.29, 1.82) is 0 Å². The highest BCUT2D eigenvalue weighted by Gasteiger charge is 2.24. The van der Waals surface area contributed by atoms with Crippen LogP contribution in [-0.2, 0) is 0 Å². The second-order valence-electron chi connectivity index (χ2n) is 16.3. The van der Waals surface area contributed by atoms with Crippen LogP contribution in [0.3, 0.4) is 0 Å². The summed E-state index contributed by atoms with van der Waals surface area (Å²) in [6.45, 7) is 0. The van der Waals surface area contributed by atoms with E-state index in [-0.39, 0.29) is 0 Å². The molecule has 0 saturated heterocycles. The van der Waals surface area contributed by atoms with Crippen LogP contribution < -0.4 is 0 Å². The molecular weight excluding hydrogens is 797 g/mol. The molecule has 0 aliphatic rings. The summed E-state index contributed by atoms with van der Waals surface area (Å²) in [5.74, 6) is 2.26. The maximum absolute atomic E-state index is 6.30. The van der Waals surface area contributed by atoms with E-state index in [1.54, 1.807) is 0 Å². The van der Waals surface area contributed by atoms with Gasteiger partial charge in [-0.3, -0.25) is 4.57 Å². The monoisotopic (exact) mass is 832 g/mol. The largest absolute Gasteiger partial charge is 0.436 e. The van der Waals surface area contributed by atoms with Gasteiger partial charge in [0.2, 0.25) is 11.8 Å². The van der Waals surface area contributed by atoms with Crippen molar-refractivity contribution in [2.75, 3.05) is 0 Å². The Bertz CT molecular complexity index is 3850. The van der Waals surface area contributed by atoms with Gasteiger partial charge in [-0.2, -0.15) is 9.97 Å². The molecule has 0 saturated carbocycles. The van der Waals surface area contributed by atoms with Crippen molar-refractivity contribution in [3.63, 3.8) is 0 Å². The van der Waals surface area contributed by atoms with Crippen LogP contribution in [0.4, 0.5) is 0 Å². The van der Waals surface area contributed by atoms with Crippen molar-refractivity contribution < 1.29 is 4.42 Å². The maximum Gasteiger partial charge on any atom is 0.238 e. The van der Waals surface area contributed by atoms with Crippen LogP contribution in [0.5, 0.6) is 0 Å². The third kappa shape index (κ3) is 6.13. The summed E-state index contributed by atoms with van der Waals surface area (Å²) in [6, 6.07) is 75.8. The van der Waals surface area contributed by atoms with Gasteiger partial charge in [0.05, 0.1) is 22.1 Å². The fourth-order valence-corrected chi connectivity index (χ4v) is 9.41. The SMILES string of the molecule is c1ccc(-c2cc(-c3ccccc3)cc(-c3nc(-c4ccccc4)nc(-n4c5ccccc5c5ccc6c7ccccc7n(-c7cccc(-c8nc9ccccc9o8)c7)c6c54)n3)c2)cc1. The van der Waals surface area contributed by atoms with Crippen LogP contribution in [0, 0.1) is 0 Å². The van der Waals surface area contributed by atoms with Gasteiger partial charge in [-0.25, -0.2) is 9.97 Å². The Hall–Kier alpha value is -8.94. The number of nitrogens with zero attached hydrogens (tertiary/aromatic N) is 6. The third-order valence-corrected chi connectivity index (χ3v) is 12.4. The molecule has 0 aliphatic carbocycles. The molecule has 0 radical (unpaired) electrons. The fourth-order valence-electron chi connectivity index (χ4n) is 9.41. The number of para-hydroxylation sites is 4. The Balaban J connectivity index is 1.11. The first-order valence-electron chi connectivity index (χ1n) is 21.7. The number of oxazole rings is 1. The Morgan fingerprint density at radius 2 is 0.831 bits per heavy atom. The molecule has 13 rings (SSSR count). The van der Waals surface area contributed by atoms with Gasteiger partial charge < -0.3 is 8.98 Å². The molecule has 7 nitrogen and oxygen atoms in total. The summed E-state index contributed by atoms with van der Waals surface area (Å²) in [6.07, 6.45) is 0.